The number of halogens is 1. The highest BCUT2D eigenvalue weighted by molar-refractivity contribution is 5.89. The summed E-state index contributed by atoms with van der Waals surface area (Å²) in [6.45, 7) is 1.75. The van der Waals surface area contributed by atoms with Crippen molar-refractivity contribution in [3.05, 3.63) is 36.3 Å². The van der Waals surface area contributed by atoms with Crippen molar-refractivity contribution in [1.82, 2.24) is 9.55 Å². The second-order valence-corrected chi connectivity index (χ2v) is 5.34. The lowest BCUT2D eigenvalue weighted by Gasteiger charge is -2.22. The average molecular weight is 288 g/mol. The fourth-order valence-corrected chi connectivity index (χ4v) is 2.64. The fourth-order valence-electron chi connectivity index (χ4n) is 2.64. The highest BCUT2D eigenvalue weighted by atomic mass is 19.1. The van der Waals surface area contributed by atoms with E-state index in [9.17, 15) is 9.18 Å². The number of hydrogen-bond acceptors (Lipinski definition) is 3. The predicted octanol–water partition coefficient (Wildman–Crippen LogP) is 2.25. The van der Waals surface area contributed by atoms with E-state index in [4.69, 9.17) is 5.73 Å². The van der Waals surface area contributed by atoms with Gasteiger partial charge in [0.15, 0.2) is 0 Å². The number of anilines is 1. The quantitative estimate of drug-likeness (QED) is 0.890. The molecule has 0 spiro atoms. The van der Waals surface area contributed by atoms with E-state index in [1.165, 1.54) is 6.92 Å². The van der Waals surface area contributed by atoms with E-state index in [0.29, 0.717) is 24.5 Å². The Balaban J connectivity index is 1.94. The van der Waals surface area contributed by atoms with E-state index in [-0.39, 0.29) is 11.9 Å². The summed E-state index contributed by atoms with van der Waals surface area (Å²) in [6, 6.07) is 7.02. The molecular weight excluding hydrogens is 271 g/mol. The Kier molecular flexibility index (Phi) is 3.47. The molecule has 0 aliphatic carbocycles. The maximum atomic E-state index is 13.6. The Labute approximate surface area is 122 Å². The molecule has 3 rings (SSSR count). The van der Waals surface area contributed by atoms with Crippen LogP contribution < -0.4 is 11.1 Å². The second-order valence-electron chi connectivity index (χ2n) is 5.34. The summed E-state index contributed by atoms with van der Waals surface area (Å²) < 4.78 is 15.3. The standard InChI is InChI=1S/C15H17FN4O/c1-9(21)18-12-4-2-3-10(5-12)14-8-20-7-11(16)6-13(17)15(20)19-14/h2-5,8,11,13H,6-7,17H2,1H3,(H,18,21). The number of nitrogens with two attached hydrogens (primary N) is 1. The molecule has 2 aromatic rings. The normalized spacial score (nSPS) is 20.9. The second kappa shape index (κ2) is 5.29. The van der Waals surface area contributed by atoms with Crippen molar-refractivity contribution < 1.29 is 9.18 Å². The number of carbonyl (C=O) groups excluding carboxylic acids is 1. The van der Waals surface area contributed by atoms with Crippen LogP contribution in [0.4, 0.5) is 10.1 Å². The summed E-state index contributed by atoms with van der Waals surface area (Å²) in [4.78, 5) is 15.6. The number of benzene rings is 1. The van der Waals surface area contributed by atoms with Crippen LogP contribution in [-0.4, -0.2) is 21.6 Å². The summed E-state index contributed by atoms with van der Waals surface area (Å²) in [7, 11) is 0. The van der Waals surface area contributed by atoms with E-state index in [2.05, 4.69) is 10.3 Å². The fraction of sp³-hybridized carbons (Fsp3) is 0.333. The Hall–Kier alpha value is -2.21. The Bertz CT molecular complexity index is 682. The van der Waals surface area contributed by atoms with Crippen LogP contribution in [0.1, 0.15) is 25.2 Å². The van der Waals surface area contributed by atoms with Gasteiger partial charge in [-0.1, -0.05) is 12.1 Å². The van der Waals surface area contributed by atoms with Crippen molar-refractivity contribution >= 4 is 11.6 Å². The molecule has 1 amide bonds. The van der Waals surface area contributed by atoms with E-state index in [1.54, 1.807) is 4.57 Å². The number of nitrogens with one attached hydrogen (secondary N) is 1. The minimum absolute atomic E-state index is 0.126. The molecule has 2 unspecified atom stereocenters. The highest BCUT2D eigenvalue weighted by Gasteiger charge is 2.26. The van der Waals surface area contributed by atoms with E-state index in [0.717, 1.165) is 11.3 Å². The van der Waals surface area contributed by atoms with Crippen LogP contribution in [0.15, 0.2) is 30.5 Å². The zero-order valence-electron chi connectivity index (χ0n) is 11.7. The number of fused-ring (bicyclic) bond motifs is 1. The first kappa shape index (κ1) is 13.8. The van der Waals surface area contributed by atoms with Crippen LogP contribution >= 0.6 is 0 Å². The van der Waals surface area contributed by atoms with Gasteiger partial charge in [-0.3, -0.25) is 4.79 Å². The molecule has 21 heavy (non-hydrogen) atoms. The largest absolute Gasteiger partial charge is 0.330 e. The molecule has 2 heterocycles. The van der Waals surface area contributed by atoms with Crippen LogP contribution in [0.25, 0.3) is 11.3 Å². The summed E-state index contributed by atoms with van der Waals surface area (Å²) >= 11 is 0. The Morgan fingerprint density at radius 2 is 2.33 bits per heavy atom. The zero-order valence-corrected chi connectivity index (χ0v) is 11.7. The molecule has 1 aromatic heterocycles. The molecule has 6 heteroatoms. The maximum absolute atomic E-state index is 13.6. The number of nitrogens with zero attached hydrogens (tertiary/aromatic N) is 2. The summed E-state index contributed by atoms with van der Waals surface area (Å²) in [5.74, 6) is 0.586. The predicted molar refractivity (Wildman–Crippen MR) is 78.4 cm³/mol. The van der Waals surface area contributed by atoms with Crippen molar-refractivity contribution in [3.8, 4) is 11.3 Å². The SMILES string of the molecule is CC(=O)Nc1cccc(-c2cn3c(n2)C(N)CC(F)C3)c1. The van der Waals surface area contributed by atoms with Gasteiger partial charge in [0.05, 0.1) is 18.3 Å². The van der Waals surface area contributed by atoms with Gasteiger partial charge in [-0.15, -0.1) is 0 Å². The van der Waals surface area contributed by atoms with Gasteiger partial charge >= 0.3 is 0 Å². The topological polar surface area (TPSA) is 72.9 Å². The number of alkyl halides is 1. The van der Waals surface area contributed by atoms with Gasteiger partial charge in [0.1, 0.15) is 12.0 Å². The third-order valence-electron chi connectivity index (χ3n) is 3.52. The van der Waals surface area contributed by atoms with Crippen molar-refractivity contribution in [2.24, 2.45) is 5.73 Å². The van der Waals surface area contributed by atoms with Crippen LogP contribution in [0.5, 0.6) is 0 Å². The number of rotatable bonds is 2. The van der Waals surface area contributed by atoms with E-state index < -0.39 is 6.17 Å². The highest BCUT2D eigenvalue weighted by Crippen LogP contribution is 2.29. The molecule has 1 aliphatic heterocycles. The molecule has 1 aromatic carbocycles. The third-order valence-corrected chi connectivity index (χ3v) is 3.52. The lowest BCUT2D eigenvalue weighted by atomic mass is 10.1. The number of amides is 1. The van der Waals surface area contributed by atoms with Crippen molar-refractivity contribution in [2.75, 3.05) is 5.32 Å². The van der Waals surface area contributed by atoms with Crippen LogP contribution in [0.3, 0.4) is 0 Å². The average Bonchev–Trinajstić information content (AvgIpc) is 2.82. The zero-order chi connectivity index (χ0) is 15.0. The molecule has 2 atom stereocenters. The molecule has 0 fully saturated rings. The van der Waals surface area contributed by atoms with E-state index in [1.807, 2.05) is 30.5 Å². The first-order chi connectivity index (χ1) is 10.0. The minimum atomic E-state index is -0.930. The van der Waals surface area contributed by atoms with Crippen LogP contribution in [0.2, 0.25) is 0 Å². The van der Waals surface area contributed by atoms with Crippen LogP contribution in [0, 0.1) is 0 Å². The van der Waals surface area contributed by atoms with Gasteiger partial charge in [0.2, 0.25) is 5.91 Å². The monoisotopic (exact) mass is 288 g/mol. The van der Waals surface area contributed by atoms with E-state index >= 15 is 0 Å². The molecule has 0 radical (unpaired) electrons. The lowest BCUT2D eigenvalue weighted by molar-refractivity contribution is -0.114. The molecule has 1 aliphatic rings. The van der Waals surface area contributed by atoms with Crippen molar-refractivity contribution in [1.29, 1.82) is 0 Å². The molecular formula is C15H17FN4O. The minimum Gasteiger partial charge on any atom is -0.330 e. The molecule has 0 bridgehead atoms. The maximum Gasteiger partial charge on any atom is 0.221 e. The molecule has 0 saturated heterocycles. The van der Waals surface area contributed by atoms with Gasteiger partial charge in [0, 0.05) is 30.8 Å². The summed E-state index contributed by atoms with van der Waals surface area (Å²) in [6.07, 6.45) is 1.19. The van der Waals surface area contributed by atoms with Gasteiger partial charge in [-0.25, -0.2) is 9.37 Å². The molecule has 0 saturated carbocycles. The molecule has 3 N–H and O–H groups in total. The van der Waals surface area contributed by atoms with Crippen LogP contribution in [-0.2, 0) is 11.3 Å². The van der Waals surface area contributed by atoms with Gasteiger partial charge in [0.25, 0.3) is 0 Å². The Morgan fingerprint density at radius 1 is 1.52 bits per heavy atom. The summed E-state index contributed by atoms with van der Waals surface area (Å²) in [5, 5.41) is 2.73. The number of hydrogen-bond donors (Lipinski definition) is 2. The van der Waals surface area contributed by atoms with Gasteiger partial charge < -0.3 is 15.6 Å². The third kappa shape index (κ3) is 2.80. The number of aromatic nitrogens is 2. The summed E-state index contributed by atoms with van der Waals surface area (Å²) in [5.41, 5.74) is 8.25. The first-order valence-corrected chi connectivity index (χ1v) is 6.87. The first-order valence-electron chi connectivity index (χ1n) is 6.87. The number of carbonyl (C=O) groups is 1. The molecule has 110 valence electrons. The van der Waals surface area contributed by atoms with Gasteiger partial charge in [-0.05, 0) is 12.1 Å². The smallest absolute Gasteiger partial charge is 0.221 e. The lowest BCUT2D eigenvalue weighted by Crippen LogP contribution is -2.29. The Morgan fingerprint density at radius 3 is 3.10 bits per heavy atom. The number of imidazole rings is 1. The van der Waals surface area contributed by atoms with Gasteiger partial charge in [-0.2, -0.15) is 0 Å². The van der Waals surface area contributed by atoms with Crippen molar-refractivity contribution in [2.45, 2.75) is 32.1 Å². The molecule has 5 nitrogen and oxygen atoms in total. The van der Waals surface area contributed by atoms with Crippen molar-refractivity contribution in [3.63, 3.8) is 0 Å².